The monoisotopic (exact) mass is 317 g/mol. The fourth-order valence-electron chi connectivity index (χ4n) is 3.48. The van der Waals surface area contributed by atoms with Gasteiger partial charge in [0, 0.05) is 12.1 Å². The molecule has 1 aromatic rings. The summed E-state index contributed by atoms with van der Waals surface area (Å²) in [5.74, 6) is 0.810. The van der Waals surface area contributed by atoms with Crippen molar-refractivity contribution in [1.29, 1.82) is 0 Å². The highest BCUT2D eigenvalue weighted by Crippen LogP contribution is 2.34. The molecule has 1 atom stereocenters. The van der Waals surface area contributed by atoms with Crippen LogP contribution in [-0.4, -0.2) is 34.6 Å². The topological polar surface area (TPSA) is 49.8 Å². The SMILES string of the molecule is CCC(O)c1ccc(OCC(=O)N(C2CCCC2)C2CC2)cc1. The first-order valence-corrected chi connectivity index (χ1v) is 8.91. The first-order valence-electron chi connectivity index (χ1n) is 8.91. The molecule has 2 fully saturated rings. The van der Waals surface area contributed by atoms with E-state index in [0.717, 1.165) is 31.2 Å². The van der Waals surface area contributed by atoms with Crippen LogP contribution in [0.25, 0.3) is 0 Å². The number of rotatable bonds is 7. The number of benzene rings is 1. The van der Waals surface area contributed by atoms with E-state index in [1.54, 1.807) is 0 Å². The number of amides is 1. The Hall–Kier alpha value is -1.55. The summed E-state index contributed by atoms with van der Waals surface area (Å²) in [7, 11) is 0. The van der Waals surface area contributed by atoms with Crippen LogP contribution in [0, 0.1) is 0 Å². The third kappa shape index (κ3) is 4.05. The third-order valence-electron chi connectivity index (χ3n) is 4.96. The van der Waals surface area contributed by atoms with Crippen LogP contribution in [0.4, 0.5) is 0 Å². The summed E-state index contributed by atoms with van der Waals surface area (Å²) in [6.45, 7) is 2.06. The number of aliphatic hydroxyl groups is 1. The molecule has 3 rings (SSSR count). The largest absolute Gasteiger partial charge is 0.484 e. The molecule has 126 valence electrons. The molecular formula is C19H27NO3. The molecule has 0 radical (unpaired) electrons. The van der Waals surface area contributed by atoms with Crippen molar-refractivity contribution in [3.8, 4) is 5.75 Å². The van der Waals surface area contributed by atoms with Crippen LogP contribution in [0.3, 0.4) is 0 Å². The van der Waals surface area contributed by atoms with E-state index in [1.807, 2.05) is 31.2 Å². The number of aliphatic hydroxyl groups excluding tert-OH is 1. The Morgan fingerprint density at radius 1 is 1.17 bits per heavy atom. The van der Waals surface area contributed by atoms with Gasteiger partial charge in [0.15, 0.2) is 6.61 Å². The van der Waals surface area contributed by atoms with E-state index in [4.69, 9.17) is 4.74 Å². The molecule has 0 heterocycles. The molecule has 1 N–H and O–H groups in total. The van der Waals surface area contributed by atoms with Crippen LogP contribution in [0.15, 0.2) is 24.3 Å². The lowest BCUT2D eigenvalue weighted by molar-refractivity contribution is -0.136. The second-order valence-corrected chi connectivity index (χ2v) is 6.75. The molecule has 0 spiro atoms. The maximum absolute atomic E-state index is 12.6. The lowest BCUT2D eigenvalue weighted by Gasteiger charge is -2.29. The van der Waals surface area contributed by atoms with Gasteiger partial charge in [0.25, 0.3) is 5.91 Å². The number of carbonyl (C=O) groups is 1. The lowest BCUT2D eigenvalue weighted by atomic mass is 10.1. The van der Waals surface area contributed by atoms with Crippen LogP contribution in [-0.2, 0) is 4.79 Å². The number of hydrogen-bond donors (Lipinski definition) is 1. The smallest absolute Gasteiger partial charge is 0.261 e. The molecule has 0 saturated heterocycles. The van der Waals surface area contributed by atoms with Crippen LogP contribution < -0.4 is 4.74 Å². The highest BCUT2D eigenvalue weighted by atomic mass is 16.5. The number of hydrogen-bond acceptors (Lipinski definition) is 3. The van der Waals surface area contributed by atoms with E-state index in [2.05, 4.69) is 4.90 Å². The summed E-state index contributed by atoms with van der Waals surface area (Å²) >= 11 is 0. The van der Waals surface area contributed by atoms with Gasteiger partial charge in [-0.3, -0.25) is 4.79 Å². The van der Waals surface area contributed by atoms with Gasteiger partial charge < -0.3 is 14.7 Å². The highest BCUT2D eigenvalue weighted by Gasteiger charge is 2.38. The number of nitrogens with zero attached hydrogens (tertiary/aromatic N) is 1. The Morgan fingerprint density at radius 2 is 1.78 bits per heavy atom. The number of carbonyl (C=O) groups excluding carboxylic acids is 1. The van der Waals surface area contributed by atoms with Gasteiger partial charge >= 0.3 is 0 Å². The lowest BCUT2D eigenvalue weighted by Crippen LogP contribution is -2.43. The van der Waals surface area contributed by atoms with E-state index in [9.17, 15) is 9.90 Å². The van der Waals surface area contributed by atoms with Gasteiger partial charge in [0.2, 0.25) is 0 Å². The van der Waals surface area contributed by atoms with Gasteiger partial charge in [-0.15, -0.1) is 0 Å². The Morgan fingerprint density at radius 3 is 2.35 bits per heavy atom. The van der Waals surface area contributed by atoms with Crippen molar-refractivity contribution >= 4 is 5.91 Å². The van der Waals surface area contributed by atoms with E-state index in [-0.39, 0.29) is 12.5 Å². The molecule has 2 aliphatic carbocycles. The van der Waals surface area contributed by atoms with Crippen molar-refractivity contribution in [3.63, 3.8) is 0 Å². The molecule has 1 amide bonds. The zero-order valence-electron chi connectivity index (χ0n) is 13.9. The minimum atomic E-state index is -0.432. The molecule has 0 aliphatic heterocycles. The fourth-order valence-corrected chi connectivity index (χ4v) is 3.48. The van der Waals surface area contributed by atoms with E-state index in [1.165, 1.54) is 12.8 Å². The normalized spacial score (nSPS) is 19.6. The molecule has 2 saturated carbocycles. The molecule has 2 aliphatic rings. The van der Waals surface area contributed by atoms with Crippen LogP contribution >= 0.6 is 0 Å². The second kappa shape index (κ2) is 7.35. The van der Waals surface area contributed by atoms with E-state index in [0.29, 0.717) is 24.3 Å². The zero-order valence-corrected chi connectivity index (χ0v) is 13.9. The maximum atomic E-state index is 12.6. The summed E-state index contributed by atoms with van der Waals surface area (Å²) in [6.07, 6.45) is 7.32. The highest BCUT2D eigenvalue weighted by molar-refractivity contribution is 5.78. The van der Waals surface area contributed by atoms with Crippen LogP contribution in [0.1, 0.15) is 63.5 Å². The van der Waals surface area contributed by atoms with E-state index < -0.39 is 6.10 Å². The summed E-state index contributed by atoms with van der Waals surface area (Å²) in [6, 6.07) is 8.28. The average Bonchev–Trinajstić information content (AvgIpc) is 3.26. The van der Waals surface area contributed by atoms with Crippen LogP contribution in [0.2, 0.25) is 0 Å². The predicted molar refractivity (Wildman–Crippen MR) is 89.3 cm³/mol. The molecule has 4 heteroatoms. The van der Waals surface area contributed by atoms with Crippen molar-refractivity contribution in [2.75, 3.05) is 6.61 Å². The fraction of sp³-hybridized carbons (Fsp3) is 0.632. The second-order valence-electron chi connectivity index (χ2n) is 6.75. The van der Waals surface area contributed by atoms with Crippen molar-refractivity contribution in [3.05, 3.63) is 29.8 Å². The molecule has 1 unspecified atom stereocenters. The Balaban J connectivity index is 1.55. The van der Waals surface area contributed by atoms with Gasteiger partial charge in [-0.2, -0.15) is 0 Å². The summed E-state index contributed by atoms with van der Waals surface area (Å²) in [5, 5.41) is 9.80. The predicted octanol–water partition coefficient (Wildman–Crippen LogP) is 3.44. The number of ether oxygens (including phenoxy) is 1. The Labute approximate surface area is 138 Å². The first kappa shape index (κ1) is 16.3. The molecular weight excluding hydrogens is 290 g/mol. The Bertz CT molecular complexity index is 518. The third-order valence-corrected chi connectivity index (χ3v) is 4.96. The van der Waals surface area contributed by atoms with Crippen molar-refractivity contribution in [2.45, 2.75) is 70.1 Å². The maximum Gasteiger partial charge on any atom is 0.261 e. The minimum absolute atomic E-state index is 0.114. The van der Waals surface area contributed by atoms with Crippen molar-refractivity contribution in [2.24, 2.45) is 0 Å². The molecule has 0 bridgehead atoms. The molecule has 1 aromatic carbocycles. The summed E-state index contributed by atoms with van der Waals surface area (Å²) in [5.41, 5.74) is 0.886. The van der Waals surface area contributed by atoms with Gasteiger partial charge in [0.05, 0.1) is 6.10 Å². The molecule has 4 nitrogen and oxygen atoms in total. The summed E-state index contributed by atoms with van der Waals surface area (Å²) < 4.78 is 5.68. The summed E-state index contributed by atoms with van der Waals surface area (Å²) in [4.78, 5) is 14.7. The standard InChI is InChI=1S/C19H27NO3/c1-2-18(21)14-7-11-17(12-8-14)23-13-19(22)20(16-9-10-16)15-5-3-4-6-15/h7-8,11-12,15-16,18,21H,2-6,9-10,13H2,1H3. The van der Waals surface area contributed by atoms with Crippen molar-refractivity contribution < 1.29 is 14.6 Å². The Kier molecular flexibility index (Phi) is 5.21. The quantitative estimate of drug-likeness (QED) is 0.838. The van der Waals surface area contributed by atoms with Crippen LogP contribution in [0.5, 0.6) is 5.75 Å². The van der Waals surface area contributed by atoms with Crippen molar-refractivity contribution in [1.82, 2.24) is 4.90 Å². The van der Waals surface area contributed by atoms with Gasteiger partial charge in [-0.25, -0.2) is 0 Å². The van der Waals surface area contributed by atoms with Gasteiger partial charge in [-0.05, 0) is 49.8 Å². The van der Waals surface area contributed by atoms with Gasteiger partial charge in [0.1, 0.15) is 5.75 Å². The molecule has 23 heavy (non-hydrogen) atoms. The minimum Gasteiger partial charge on any atom is -0.484 e. The zero-order chi connectivity index (χ0) is 16.2. The first-order chi connectivity index (χ1) is 11.2. The average molecular weight is 317 g/mol. The molecule has 0 aromatic heterocycles. The van der Waals surface area contributed by atoms with Gasteiger partial charge in [-0.1, -0.05) is 31.9 Å². The van der Waals surface area contributed by atoms with E-state index >= 15 is 0 Å².